The third-order valence-corrected chi connectivity index (χ3v) is 6.39. The third kappa shape index (κ3) is 2.50. The molecule has 2 aromatic carbocycles. The monoisotopic (exact) mass is 325 g/mol. The molecule has 0 radical (unpaired) electrons. The molecule has 2 aliphatic rings. The zero-order valence-electron chi connectivity index (χ0n) is 11.9. The molecule has 1 fully saturated rings. The second-order valence-electron chi connectivity index (χ2n) is 5.63. The van der Waals surface area contributed by atoms with Gasteiger partial charge in [-0.2, -0.15) is 0 Å². The lowest BCUT2D eigenvalue weighted by Crippen LogP contribution is -2.14. The number of carbonyl (C=O) groups excluding carboxylic acids is 1. The van der Waals surface area contributed by atoms with E-state index in [9.17, 15) is 4.79 Å². The Hall–Kier alpha value is -1.52. The maximum Gasteiger partial charge on any atom is 0.223 e. The van der Waals surface area contributed by atoms with Crippen LogP contribution in [0.4, 0.5) is 0 Å². The van der Waals surface area contributed by atoms with Crippen molar-refractivity contribution in [1.29, 1.82) is 0 Å². The molecular formula is C18H15NOS2. The fourth-order valence-corrected chi connectivity index (χ4v) is 5.03. The topological polar surface area (TPSA) is 29.4 Å². The standard InChI is InChI=1S/C18H15NOS2/c20-16-18(11-15(18)14-9-5-2-6-10-14)19-17(22-16)21-12-13-7-3-1-4-8-13/h1-10,15H,11-12H2. The average Bonchev–Trinajstić information content (AvgIpc) is 3.21. The molecule has 1 aliphatic carbocycles. The van der Waals surface area contributed by atoms with Crippen molar-refractivity contribution in [2.24, 2.45) is 4.99 Å². The maximum atomic E-state index is 12.4. The number of thioether (sulfide) groups is 2. The van der Waals surface area contributed by atoms with E-state index in [2.05, 4.69) is 24.3 Å². The Morgan fingerprint density at radius 2 is 1.77 bits per heavy atom. The minimum Gasteiger partial charge on any atom is -0.284 e. The molecule has 1 aliphatic heterocycles. The zero-order chi connectivity index (χ0) is 15.0. The van der Waals surface area contributed by atoms with E-state index in [1.54, 1.807) is 11.8 Å². The number of hydrogen-bond acceptors (Lipinski definition) is 4. The summed E-state index contributed by atoms with van der Waals surface area (Å²) in [6.07, 6.45) is 0.859. The van der Waals surface area contributed by atoms with Gasteiger partial charge in [-0.25, -0.2) is 0 Å². The van der Waals surface area contributed by atoms with Gasteiger partial charge in [0.15, 0.2) is 0 Å². The van der Waals surface area contributed by atoms with Gasteiger partial charge in [0.05, 0.1) is 0 Å². The predicted molar refractivity (Wildman–Crippen MR) is 94.3 cm³/mol. The van der Waals surface area contributed by atoms with Crippen LogP contribution < -0.4 is 0 Å². The predicted octanol–water partition coefficient (Wildman–Crippen LogP) is 4.48. The molecule has 1 heterocycles. The van der Waals surface area contributed by atoms with Gasteiger partial charge in [0.25, 0.3) is 0 Å². The number of nitrogens with zero attached hydrogens (tertiary/aromatic N) is 1. The van der Waals surface area contributed by atoms with Crippen molar-refractivity contribution in [3.63, 3.8) is 0 Å². The van der Waals surface area contributed by atoms with Gasteiger partial charge in [-0.15, -0.1) is 0 Å². The fourth-order valence-electron chi connectivity index (χ4n) is 2.86. The van der Waals surface area contributed by atoms with Crippen molar-refractivity contribution in [3.8, 4) is 0 Å². The van der Waals surface area contributed by atoms with Crippen molar-refractivity contribution in [2.75, 3.05) is 0 Å². The molecule has 4 rings (SSSR count). The highest BCUT2D eigenvalue weighted by molar-refractivity contribution is 8.45. The molecule has 0 N–H and O–H groups in total. The van der Waals surface area contributed by atoms with Gasteiger partial charge >= 0.3 is 0 Å². The Morgan fingerprint density at radius 3 is 2.50 bits per heavy atom. The van der Waals surface area contributed by atoms with E-state index in [1.807, 2.05) is 36.4 Å². The molecular weight excluding hydrogens is 310 g/mol. The molecule has 1 spiro atoms. The Kier molecular flexibility index (Phi) is 3.59. The van der Waals surface area contributed by atoms with Crippen LogP contribution in [-0.4, -0.2) is 15.0 Å². The summed E-state index contributed by atoms with van der Waals surface area (Å²) in [7, 11) is 0. The van der Waals surface area contributed by atoms with Crippen LogP contribution in [0.15, 0.2) is 65.7 Å². The van der Waals surface area contributed by atoms with Crippen LogP contribution >= 0.6 is 23.5 Å². The number of aliphatic imine (C=N–C) groups is 1. The van der Waals surface area contributed by atoms with Crippen molar-refractivity contribution >= 4 is 33.0 Å². The molecule has 0 saturated heterocycles. The van der Waals surface area contributed by atoms with E-state index in [4.69, 9.17) is 4.99 Å². The summed E-state index contributed by atoms with van der Waals surface area (Å²) in [5.74, 6) is 1.13. The highest BCUT2D eigenvalue weighted by atomic mass is 32.2. The summed E-state index contributed by atoms with van der Waals surface area (Å²) in [4.78, 5) is 17.2. The van der Waals surface area contributed by atoms with Gasteiger partial charge < -0.3 is 0 Å². The van der Waals surface area contributed by atoms with E-state index in [0.717, 1.165) is 16.5 Å². The molecule has 0 bridgehead atoms. The van der Waals surface area contributed by atoms with Gasteiger partial charge in [0.2, 0.25) is 5.12 Å². The van der Waals surface area contributed by atoms with Gasteiger partial charge in [-0.05, 0) is 29.3 Å². The molecule has 4 heteroatoms. The first-order valence-corrected chi connectivity index (χ1v) is 9.12. The first-order valence-electron chi connectivity index (χ1n) is 7.32. The summed E-state index contributed by atoms with van der Waals surface area (Å²) in [6.45, 7) is 0. The zero-order valence-corrected chi connectivity index (χ0v) is 13.6. The van der Waals surface area contributed by atoms with Crippen molar-refractivity contribution < 1.29 is 4.79 Å². The summed E-state index contributed by atoms with van der Waals surface area (Å²) in [6, 6.07) is 20.6. The molecule has 22 heavy (non-hydrogen) atoms. The van der Waals surface area contributed by atoms with Crippen LogP contribution in [-0.2, 0) is 10.5 Å². The Labute approximate surface area is 138 Å². The van der Waals surface area contributed by atoms with Gasteiger partial charge in [0, 0.05) is 11.7 Å². The lowest BCUT2D eigenvalue weighted by atomic mass is 10.1. The highest BCUT2D eigenvalue weighted by Crippen LogP contribution is 2.60. The van der Waals surface area contributed by atoms with Crippen molar-refractivity contribution in [2.45, 2.75) is 23.6 Å². The summed E-state index contributed by atoms with van der Waals surface area (Å²) < 4.78 is 0.923. The normalized spacial score (nSPS) is 26.3. The van der Waals surface area contributed by atoms with E-state index < -0.39 is 5.54 Å². The summed E-state index contributed by atoms with van der Waals surface area (Å²) in [5, 5.41) is 0.219. The minimum absolute atomic E-state index is 0.219. The number of benzene rings is 2. The van der Waals surface area contributed by atoms with Crippen LogP contribution in [0.2, 0.25) is 0 Å². The lowest BCUT2D eigenvalue weighted by Gasteiger charge is -2.03. The summed E-state index contributed by atoms with van der Waals surface area (Å²) in [5.41, 5.74) is 2.03. The van der Waals surface area contributed by atoms with Crippen molar-refractivity contribution in [1.82, 2.24) is 0 Å². The Morgan fingerprint density at radius 1 is 1.09 bits per heavy atom. The first-order chi connectivity index (χ1) is 10.8. The van der Waals surface area contributed by atoms with Crippen LogP contribution in [0.5, 0.6) is 0 Å². The van der Waals surface area contributed by atoms with Crippen LogP contribution in [0.1, 0.15) is 23.5 Å². The molecule has 2 nitrogen and oxygen atoms in total. The smallest absolute Gasteiger partial charge is 0.223 e. The van der Waals surface area contributed by atoms with Crippen LogP contribution in [0.25, 0.3) is 0 Å². The number of carbonyl (C=O) groups is 1. The quantitative estimate of drug-likeness (QED) is 0.833. The molecule has 0 amide bonds. The third-order valence-electron chi connectivity index (χ3n) is 4.16. The van der Waals surface area contributed by atoms with Crippen LogP contribution in [0, 0.1) is 0 Å². The largest absolute Gasteiger partial charge is 0.284 e. The molecule has 2 atom stereocenters. The second kappa shape index (κ2) is 5.60. The van der Waals surface area contributed by atoms with Gasteiger partial charge in [-0.3, -0.25) is 9.79 Å². The van der Waals surface area contributed by atoms with E-state index in [1.165, 1.54) is 22.9 Å². The summed E-state index contributed by atoms with van der Waals surface area (Å²) >= 11 is 3.00. The molecule has 0 aromatic heterocycles. The average molecular weight is 325 g/mol. The Bertz CT molecular complexity index is 729. The van der Waals surface area contributed by atoms with E-state index in [-0.39, 0.29) is 11.0 Å². The molecule has 110 valence electrons. The fraction of sp³-hybridized carbons (Fsp3) is 0.222. The van der Waals surface area contributed by atoms with E-state index >= 15 is 0 Å². The SMILES string of the molecule is O=C1SC(SCc2ccccc2)=NC12CC2c1ccccc1. The second-order valence-corrected chi connectivity index (χ2v) is 7.82. The highest BCUT2D eigenvalue weighted by Gasteiger charge is 2.63. The minimum atomic E-state index is -0.467. The first kappa shape index (κ1) is 14.1. The maximum absolute atomic E-state index is 12.4. The van der Waals surface area contributed by atoms with Crippen molar-refractivity contribution in [3.05, 3.63) is 71.8 Å². The van der Waals surface area contributed by atoms with E-state index in [0.29, 0.717) is 0 Å². The number of rotatable bonds is 3. The molecule has 2 unspecified atom stereocenters. The molecule has 2 aromatic rings. The number of hydrogen-bond donors (Lipinski definition) is 0. The van der Waals surface area contributed by atoms with Gasteiger partial charge in [-0.1, -0.05) is 72.4 Å². The molecule has 1 saturated carbocycles. The Balaban J connectivity index is 1.47. The van der Waals surface area contributed by atoms with Crippen LogP contribution in [0.3, 0.4) is 0 Å². The lowest BCUT2D eigenvalue weighted by molar-refractivity contribution is -0.112. The van der Waals surface area contributed by atoms with Gasteiger partial charge in [0.1, 0.15) is 9.91 Å².